The van der Waals surface area contributed by atoms with Crippen molar-refractivity contribution in [1.82, 2.24) is 9.80 Å². The lowest BCUT2D eigenvalue weighted by Gasteiger charge is -2.45. The normalized spacial score (nSPS) is 32.3. The highest BCUT2D eigenvalue weighted by atomic mass is 16.5. The van der Waals surface area contributed by atoms with E-state index in [1.807, 2.05) is 4.90 Å². The zero-order valence-corrected chi connectivity index (χ0v) is 13.3. The number of nitrogens with zero attached hydrogens (tertiary/aromatic N) is 2. The van der Waals surface area contributed by atoms with Gasteiger partial charge in [0, 0.05) is 19.6 Å². The van der Waals surface area contributed by atoms with Crippen molar-refractivity contribution in [2.24, 2.45) is 5.92 Å². The molecule has 1 aliphatic carbocycles. The average molecular weight is 310 g/mol. The van der Waals surface area contributed by atoms with Gasteiger partial charge in [-0.25, -0.2) is 4.79 Å². The molecule has 0 aromatic rings. The minimum absolute atomic E-state index is 0.0893. The van der Waals surface area contributed by atoms with E-state index in [2.05, 4.69) is 0 Å². The first-order chi connectivity index (χ1) is 10.7. The Labute approximate surface area is 131 Å². The maximum Gasteiger partial charge on any atom is 0.409 e. The zero-order chi connectivity index (χ0) is 15.5. The number of piperidine rings is 1. The summed E-state index contributed by atoms with van der Waals surface area (Å²) in [6.45, 7) is 2.50. The van der Waals surface area contributed by atoms with Crippen LogP contribution in [0.4, 0.5) is 4.79 Å². The quantitative estimate of drug-likeness (QED) is 0.739. The van der Waals surface area contributed by atoms with Gasteiger partial charge in [0.25, 0.3) is 0 Å². The van der Waals surface area contributed by atoms with Gasteiger partial charge < -0.3 is 19.3 Å². The first kappa shape index (κ1) is 15.6. The lowest BCUT2D eigenvalue weighted by atomic mass is 9.88. The Morgan fingerprint density at radius 2 is 1.91 bits per heavy atom. The highest BCUT2D eigenvalue weighted by Gasteiger charge is 2.40. The van der Waals surface area contributed by atoms with Crippen molar-refractivity contribution in [2.45, 2.75) is 50.7 Å². The van der Waals surface area contributed by atoms with Crippen LogP contribution in [0, 0.1) is 5.92 Å². The number of likely N-dealkylation sites (tertiary alicyclic amines) is 1. The number of ether oxygens (including phenoxy) is 2. The predicted molar refractivity (Wildman–Crippen MR) is 80.4 cm³/mol. The second-order valence-corrected chi connectivity index (χ2v) is 6.55. The fourth-order valence-electron chi connectivity index (χ4n) is 4.08. The Hall–Kier alpha value is -1.30. The molecule has 2 amide bonds. The van der Waals surface area contributed by atoms with Gasteiger partial charge in [-0.05, 0) is 25.7 Å². The molecule has 22 heavy (non-hydrogen) atoms. The molecule has 3 atom stereocenters. The summed E-state index contributed by atoms with van der Waals surface area (Å²) in [5.41, 5.74) is 0. The average Bonchev–Trinajstić information content (AvgIpc) is 2.60. The van der Waals surface area contributed by atoms with Gasteiger partial charge in [0.05, 0.1) is 31.8 Å². The summed E-state index contributed by atoms with van der Waals surface area (Å²) in [6, 6.07) is 0.239. The van der Waals surface area contributed by atoms with Crippen LogP contribution in [0.3, 0.4) is 0 Å². The minimum Gasteiger partial charge on any atom is -0.453 e. The fourth-order valence-corrected chi connectivity index (χ4v) is 4.08. The molecule has 3 aliphatic rings. The molecule has 6 nitrogen and oxygen atoms in total. The largest absolute Gasteiger partial charge is 0.453 e. The number of amides is 2. The molecule has 6 heteroatoms. The van der Waals surface area contributed by atoms with Crippen LogP contribution in [0.25, 0.3) is 0 Å². The summed E-state index contributed by atoms with van der Waals surface area (Å²) in [5.74, 6) is 0.113. The molecule has 0 spiro atoms. The van der Waals surface area contributed by atoms with Crippen LogP contribution in [0.2, 0.25) is 0 Å². The van der Waals surface area contributed by atoms with E-state index in [0.29, 0.717) is 26.2 Å². The highest BCUT2D eigenvalue weighted by molar-refractivity contribution is 5.80. The third-order valence-corrected chi connectivity index (χ3v) is 5.22. The van der Waals surface area contributed by atoms with Gasteiger partial charge in [0.15, 0.2) is 0 Å². The Kier molecular flexibility index (Phi) is 4.86. The Bertz CT molecular complexity index is 426. The number of carbonyl (C=O) groups is 2. The molecular weight excluding hydrogens is 284 g/mol. The molecule has 1 saturated carbocycles. The summed E-state index contributed by atoms with van der Waals surface area (Å²) in [6.07, 6.45) is 6.10. The molecule has 2 saturated heterocycles. The molecular formula is C16H26N2O4. The van der Waals surface area contributed by atoms with Crippen molar-refractivity contribution >= 4 is 12.0 Å². The number of morpholine rings is 1. The Balaban J connectivity index is 1.65. The van der Waals surface area contributed by atoms with Gasteiger partial charge in [0.1, 0.15) is 0 Å². The monoisotopic (exact) mass is 310 g/mol. The van der Waals surface area contributed by atoms with E-state index in [-0.39, 0.29) is 30.1 Å². The van der Waals surface area contributed by atoms with Crippen molar-refractivity contribution < 1.29 is 19.1 Å². The van der Waals surface area contributed by atoms with Gasteiger partial charge in [-0.1, -0.05) is 12.8 Å². The molecule has 0 unspecified atom stereocenters. The van der Waals surface area contributed by atoms with Crippen LogP contribution < -0.4 is 0 Å². The van der Waals surface area contributed by atoms with E-state index in [4.69, 9.17) is 9.47 Å². The van der Waals surface area contributed by atoms with E-state index in [1.165, 1.54) is 20.0 Å². The first-order valence-corrected chi connectivity index (χ1v) is 8.45. The zero-order valence-electron chi connectivity index (χ0n) is 13.3. The second kappa shape index (κ2) is 6.86. The van der Waals surface area contributed by atoms with Gasteiger partial charge in [0.2, 0.25) is 5.91 Å². The molecule has 3 rings (SSSR count). The fraction of sp³-hybridized carbons (Fsp3) is 0.875. The third kappa shape index (κ3) is 3.07. The van der Waals surface area contributed by atoms with Crippen LogP contribution in [-0.4, -0.2) is 67.3 Å². The van der Waals surface area contributed by atoms with Crippen LogP contribution in [0.15, 0.2) is 0 Å². The van der Waals surface area contributed by atoms with E-state index in [9.17, 15) is 9.59 Å². The van der Waals surface area contributed by atoms with Crippen LogP contribution in [0.1, 0.15) is 38.5 Å². The van der Waals surface area contributed by atoms with Crippen LogP contribution in [0.5, 0.6) is 0 Å². The standard InChI is InChI=1S/C16H26N2O4/c1-21-16(20)17-8-4-5-12(11-17)15(19)18-9-10-22-14-7-3-2-6-13(14)18/h12-14H,2-11H2,1H3/t12-,13+,14+/m0/s1. The second-order valence-electron chi connectivity index (χ2n) is 6.55. The molecule has 124 valence electrons. The molecule has 0 aromatic carbocycles. The number of hydrogen-bond acceptors (Lipinski definition) is 4. The van der Waals surface area contributed by atoms with Crippen LogP contribution in [-0.2, 0) is 14.3 Å². The summed E-state index contributed by atoms with van der Waals surface area (Å²) in [5, 5.41) is 0. The van der Waals surface area contributed by atoms with Gasteiger partial charge in [-0.2, -0.15) is 0 Å². The Morgan fingerprint density at radius 1 is 1.09 bits per heavy atom. The van der Waals surface area contributed by atoms with Crippen molar-refractivity contribution in [3.05, 3.63) is 0 Å². The van der Waals surface area contributed by atoms with E-state index < -0.39 is 0 Å². The number of fused-ring (bicyclic) bond motifs is 1. The summed E-state index contributed by atoms with van der Waals surface area (Å²) < 4.78 is 10.6. The summed E-state index contributed by atoms with van der Waals surface area (Å²) >= 11 is 0. The van der Waals surface area contributed by atoms with Gasteiger partial charge >= 0.3 is 6.09 Å². The third-order valence-electron chi connectivity index (χ3n) is 5.22. The number of methoxy groups -OCH3 is 1. The highest BCUT2D eigenvalue weighted by Crippen LogP contribution is 2.30. The van der Waals surface area contributed by atoms with Crippen molar-refractivity contribution in [2.75, 3.05) is 33.4 Å². The first-order valence-electron chi connectivity index (χ1n) is 8.45. The van der Waals surface area contributed by atoms with E-state index >= 15 is 0 Å². The lowest BCUT2D eigenvalue weighted by Crippen LogP contribution is -2.57. The molecule has 2 heterocycles. The van der Waals surface area contributed by atoms with E-state index in [0.717, 1.165) is 25.7 Å². The van der Waals surface area contributed by atoms with Gasteiger partial charge in [-0.3, -0.25) is 4.79 Å². The Morgan fingerprint density at radius 3 is 2.73 bits per heavy atom. The summed E-state index contributed by atoms with van der Waals surface area (Å²) in [7, 11) is 1.39. The minimum atomic E-state index is -0.324. The smallest absolute Gasteiger partial charge is 0.409 e. The van der Waals surface area contributed by atoms with Crippen molar-refractivity contribution in [3.8, 4) is 0 Å². The predicted octanol–water partition coefficient (Wildman–Crippen LogP) is 1.63. The SMILES string of the molecule is COC(=O)N1CCC[C@H](C(=O)N2CCO[C@@H]3CCCC[C@H]32)C1. The van der Waals surface area contributed by atoms with Crippen LogP contribution >= 0.6 is 0 Å². The van der Waals surface area contributed by atoms with E-state index in [1.54, 1.807) is 4.90 Å². The number of hydrogen-bond donors (Lipinski definition) is 0. The molecule has 0 radical (unpaired) electrons. The topological polar surface area (TPSA) is 59.1 Å². The van der Waals surface area contributed by atoms with Gasteiger partial charge in [-0.15, -0.1) is 0 Å². The number of rotatable bonds is 1. The summed E-state index contributed by atoms with van der Waals surface area (Å²) in [4.78, 5) is 28.4. The maximum absolute atomic E-state index is 13.0. The van der Waals surface area contributed by atoms with Crippen molar-refractivity contribution in [3.63, 3.8) is 0 Å². The molecule has 2 aliphatic heterocycles. The lowest BCUT2D eigenvalue weighted by molar-refractivity contribution is -0.155. The molecule has 0 bridgehead atoms. The molecule has 3 fully saturated rings. The number of carbonyl (C=O) groups excluding carboxylic acids is 2. The molecule has 0 aromatic heterocycles. The maximum atomic E-state index is 13.0. The van der Waals surface area contributed by atoms with Crippen molar-refractivity contribution in [1.29, 1.82) is 0 Å². The molecule has 0 N–H and O–H groups in total.